The second-order valence-corrected chi connectivity index (χ2v) is 13.0. The Morgan fingerprint density at radius 1 is 1.04 bits per heavy atom. The lowest BCUT2D eigenvalue weighted by atomic mass is 9.81. The minimum absolute atomic E-state index is 0.0267. The van der Waals surface area contributed by atoms with Crippen molar-refractivity contribution < 1.29 is 63.6 Å². The lowest BCUT2D eigenvalue weighted by molar-refractivity contribution is -0.310. The predicted octanol–water partition coefficient (Wildman–Crippen LogP) is 0.849. The number of carbonyl (C=O) groups excluding carboxylic acids is 3. The summed E-state index contributed by atoms with van der Waals surface area (Å²) in [7, 11) is 0. The highest BCUT2D eigenvalue weighted by Gasteiger charge is 2.58. The van der Waals surface area contributed by atoms with E-state index in [9.17, 15) is 39.9 Å². The number of hydrogen-bond donors (Lipinski definition) is 5. The summed E-state index contributed by atoms with van der Waals surface area (Å²) >= 11 is 0. The van der Waals surface area contributed by atoms with E-state index in [1.807, 2.05) is 0 Å². The highest BCUT2D eigenvalue weighted by molar-refractivity contribution is 5.91. The molecule has 4 aliphatic rings. The Bertz CT molecular complexity index is 1400. The number of rotatable bonds is 9. The van der Waals surface area contributed by atoms with E-state index in [1.54, 1.807) is 13.8 Å². The van der Waals surface area contributed by atoms with Gasteiger partial charge in [-0.3, -0.25) is 4.79 Å². The topological polar surface area (TPSA) is 199 Å². The van der Waals surface area contributed by atoms with Crippen LogP contribution in [0.4, 0.5) is 0 Å². The van der Waals surface area contributed by atoms with Crippen molar-refractivity contribution in [2.45, 2.75) is 88.2 Å². The molecule has 0 unspecified atom stereocenters. The lowest BCUT2D eigenvalue weighted by Crippen LogP contribution is -2.61. The first kappa shape index (κ1) is 34.7. The number of esters is 3. The smallest absolute Gasteiger partial charge is 0.335 e. The summed E-state index contributed by atoms with van der Waals surface area (Å²) < 4.78 is 28.8. The highest BCUT2D eigenvalue weighted by atomic mass is 16.7. The summed E-state index contributed by atoms with van der Waals surface area (Å²) in [6.07, 6.45) is -11.0. The molecule has 0 spiro atoms. The first-order valence-electron chi connectivity index (χ1n) is 15.6. The van der Waals surface area contributed by atoms with Gasteiger partial charge in [-0.15, -0.1) is 0 Å². The number of phenolic OH excluding ortho intramolecular Hbond substituents is 1. The fraction of sp³-hybridized carbons (Fsp3) is 0.559. The Labute approximate surface area is 272 Å². The molecule has 13 nitrogen and oxygen atoms in total. The predicted molar refractivity (Wildman–Crippen MR) is 162 cm³/mol. The van der Waals surface area contributed by atoms with E-state index in [0.29, 0.717) is 16.7 Å². The summed E-state index contributed by atoms with van der Waals surface area (Å²) in [4.78, 5) is 38.1. The van der Waals surface area contributed by atoms with Crippen LogP contribution in [0.15, 0.2) is 60.7 Å². The number of aliphatic hydroxyl groups is 4. The molecule has 12 atom stereocenters. The maximum atomic E-state index is 12.7. The maximum absolute atomic E-state index is 12.7. The molecule has 1 aromatic rings. The lowest BCUT2D eigenvalue weighted by Gasteiger charge is -2.42. The Morgan fingerprint density at radius 2 is 1.72 bits per heavy atom. The van der Waals surface area contributed by atoms with Crippen molar-refractivity contribution in [1.82, 2.24) is 0 Å². The van der Waals surface area contributed by atoms with Crippen molar-refractivity contribution in [1.29, 1.82) is 0 Å². The largest absolute Gasteiger partial charge is 0.508 e. The number of benzene rings is 1. The van der Waals surface area contributed by atoms with Gasteiger partial charge in [0.15, 0.2) is 18.5 Å². The molecule has 2 heterocycles. The van der Waals surface area contributed by atoms with Gasteiger partial charge in [-0.25, -0.2) is 9.59 Å². The van der Waals surface area contributed by atoms with E-state index >= 15 is 0 Å². The maximum Gasteiger partial charge on any atom is 0.335 e. The number of fused-ring (bicyclic) bond motifs is 3. The molecule has 256 valence electrons. The molecule has 0 amide bonds. The van der Waals surface area contributed by atoms with Gasteiger partial charge < -0.3 is 49.2 Å². The van der Waals surface area contributed by atoms with Crippen LogP contribution in [0.5, 0.6) is 5.75 Å². The molecule has 5 rings (SSSR count). The van der Waals surface area contributed by atoms with Crippen molar-refractivity contribution in [2.75, 3.05) is 6.61 Å². The van der Waals surface area contributed by atoms with E-state index in [0.717, 1.165) is 0 Å². The average Bonchev–Trinajstić information content (AvgIpc) is 3.47. The second kappa shape index (κ2) is 13.9. The Morgan fingerprint density at radius 3 is 2.36 bits per heavy atom. The molecule has 1 aromatic carbocycles. The van der Waals surface area contributed by atoms with Gasteiger partial charge in [0.25, 0.3) is 0 Å². The molecule has 2 aliphatic heterocycles. The third-order valence-corrected chi connectivity index (χ3v) is 9.56. The van der Waals surface area contributed by atoms with Gasteiger partial charge in [0, 0.05) is 17.9 Å². The zero-order valence-corrected chi connectivity index (χ0v) is 26.3. The summed E-state index contributed by atoms with van der Waals surface area (Å²) in [5.74, 6) is -4.16. The molecule has 2 saturated carbocycles. The molecule has 0 radical (unpaired) electrons. The van der Waals surface area contributed by atoms with Crippen molar-refractivity contribution in [3.63, 3.8) is 0 Å². The van der Waals surface area contributed by atoms with Gasteiger partial charge in [0.1, 0.15) is 36.3 Å². The zero-order chi connectivity index (χ0) is 34.3. The minimum atomic E-state index is -1.68. The second-order valence-electron chi connectivity index (χ2n) is 13.0. The number of aliphatic hydroxyl groups excluding tert-OH is 4. The van der Waals surface area contributed by atoms with Crippen LogP contribution >= 0.6 is 0 Å². The molecule has 4 fully saturated rings. The summed E-state index contributed by atoms with van der Waals surface area (Å²) in [6.45, 7) is 15.0. The number of phenols is 1. The highest BCUT2D eigenvalue weighted by Crippen LogP contribution is 2.53. The molecular weight excluding hydrogens is 616 g/mol. The quantitative estimate of drug-likeness (QED) is 0.108. The first-order chi connectivity index (χ1) is 22.2. The van der Waals surface area contributed by atoms with E-state index in [1.165, 1.54) is 24.3 Å². The fourth-order valence-electron chi connectivity index (χ4n) is 6.93. The van der Waals surface area contributed by atoms with Crippen molar-refractivity contribution in [2.24, 2.45) is 23.7 Å². The van der Waals surface area contributed by atoms with Gasteiger partial charge in [0.2, 0.25) is 0 Å². The standard InChI is InChI=1S/C34H42O13/c1-14(2)27(38)33(42)43-22-10-15(3)20-12-21(16(4)25(20)31-26(22)17(5)32(41)47-31)44-34-29(40)28(39)30(23(13-35)45-34)46-24(37)11-18-6-8-19(36)9-7-18/h6-9,14,20-23,25-31,34-36,38-40H,3-5,10-13H2,1-2H3/t20-,21-,22+,23+,25-,26+,27+,28+,29+,30+,31+,34+/m0/s1. The molecule has 2 aliphatic carbocycles. The Balaban J connectivity index is 1.28. The third kappa shape index (κ3) is 6.87. The van der Waals surface area contributed by atoms with Crippen LogP contribution in [0.1, 0.15) is 32.3 Å². The molecule has 47 heavy (non-hydrogen) atoms. The fourth-order valence-corrected chi connectivity index (χ4v) is 6.93. The van der Waals surface area contributed by atoms with Crippen LogP contribution in [-0.4, -0.2) is 105 Å². The van der Waals surface area contributed by atoms with Gasteiger partial charge in [-0.1, -0.05) is 51.3 Å². The molecule has 13 heteroatoms. The van der Waals surface area contributed by atoms with Crippen molar-refractivity contribution in [3.05, 3.63) is 66.3 Å². The van der Waals surface area contributed by atoms with Crippen molar-refractivity contribution in [3.8, 4) is 5.75 Å². The molecular formula is C34H42O13. The van der Waals surface area contributed by atoms with Crippen LogP contribution in [0.3, 0.4) is 0 Å². The van der Waals surface area contributed by atoms with Crippen LogP contribution < -0.4 is 0 Å². The molecule has 0 aromatic heterocycles. The summed E-state index contributed by atoms with van der Waals surface area (Å²) in [5, 5.41) is 51.7. The van der Waals surface area contributed by atoms with E-state index in [2.05, 4.69) is 19.7 Å². The monoisotopic (exact) mass is 658 g/mol. The van der Waals surface area contributed by atoms with Crippen LogP contribution in [0, 0.1) is 23.7 Å². The van der Waals surface area contributed by atoms with Crippen LogP contribution in [0.2, 0.25) is 0 Å². The molecule has 5 N–H and O–H groups in total. The van der Waals surface area contributed by atoms with Crippen molar-refractivity contribution >= 4 is 17.9 Å². The summed E-state index contributed by atoms with van der Waals surface area (Å²) in [6, 6.07) is 5.88. The van der Waals surface area contributed by atoms with Gasteiger partial charge in [0.05, 0.1) is 25.0 Å². The van der Waals surface area contributed by atoms with Gasteiger partial charge in [-0.2, -0.15) is 0 Å². The molecule has 0 bridgehead atoms. The third-order valence-electron chi connectivity index (χ3n) is 9.56. The van der Waals surface area contributed by atoms with Gasteiger partial charge in [-0.05, 0) is 41.5 Å². The van der Waals surface area contributed by atoms with E-state index < -0.39 is 91.5 Å². The number of carbonyl (C=O) groups is 3. The van der Waals surface area contributed by atoms with E-state index in [-0.39, 0.29) is 42.4 Å². The normalized spacial score (nSPS) is 35.9. The average molecular weight is 659 g/mol. The van der Waals surface area contributed by atoms with E-state index in [4.69, 9.17) is 23.7 Å². The number of hydrogen-bond acceptors (Lipinski definition) is 13. The Hall–Kier alpha value is -3.59. The molecule has 2 saturated heterocycles. The summed E-state index contributed by atoms with van der Waals surface area (Å²) in [5.41, 5.74) is 1.84. The first-order valence-corrected chi connectivity index (χ1v) is 15.6. The minimum Gasteiger partial charge on any atom is -0.508 e. The van der Waals surface area contributed by atoms with Crippen LogP contribution in [-0.2, 0) is 44.5 Å². The zero-order valence-electron chi connectivity index (χ0n) is 26.3. The SMILES string of the molecule is C=C1C(=O)O[C@@H]2[C@H]3C(=C)[C@@H](O[C@@H]4O[C@H](CO)[C@@H](OC(=O)Cc5ccc(O)cc5)[C@H](O)[C@H]4O)C[C@H]3C(=C)C[C@@H](OC(=O)[C@H](O)C(C)C)[C@@H]12. The Kier molecular flexibility index (Phi) is 10.3. The number of ether oxygens (including phenoxy) is 5. The number of aromatic hydroxyl groups is 1. The van der Waals surface area contributed by atoms with Gasteiger partial charge >= 0.3 is 17.9 Å². The van der Waals surface area contributed by atoms with Crippen LogP contribution in [0.25, 0.3) is 0 Å².